The fourth-order valence-corrected chi connectivity index (χ4v) is 1.16. The average Bonchev–Trinajstić information content (AvgIpc) is 2.15. The number of aliphatic hydroxyl groups is 1. The molecule has 0 saturated heterocycles. The van der Waals surface area contributed by atoms with Gasteiger partial charge in [-0.1, -0.05) is 13.8 Å². The molecule has 4 N–H and O–H groups in total. The van der Waals surface area contributed by atoms with Gasteiger partial charge in [0.2, 0.25) is 11.8 Å². The highest BCUT2D eigenvalue weighted by Crippen LogP contribution is 2.04. The third-order valence-corrected chi connectivity index (χ3v) is 1.98. The molecule has 0 spiro atoms. The smallest absolute Gasteiger partial charge is 0.249 e. The van der Waals surface area contributed by atoms with Crippen LogP contribution in [0.25, 0.3) is 0 Å². The van der Waals surface area contributed by atoms with E-state index in [1.54, 1.807) is 0 Å². The van der Waals surface area contributed by atoms with E-state index >= 15 is 0 Å². The standard InChI is InChI=1S/C11H18N2O3/c1-4-5-8(10(12)15)13-11(16)9(14)6-7(2)3/h1,7-9,14H,5-6H2,2-3H3,(H2,12,15)(H,13,16)/t8-,9+/m1/s1. The van der Waals surface area contributed by atoms with Crippen LogP contribution in [-0.4, -0.2) is 29.1 Å². The van der Waals surface area contributed by atoms with Gasteiger partial charge < -0.3 is 16.2 Å². The van der Waals surface area contributed by atoms with Gasteiger partial charge in [0.15, 0.2) is 0 Å². The van der Waals surface area contributed by atoms with Crippen LogP contribution >= 0.6 is 0 Å². The van der Waals surface area contributed by atoms with Crippen LogP contribution in [0.5, 0.6) is 0 Å². The maximum absolute atomic E-state index is 11.4. The SMILES string of the molecule is C#CC[C@@H](NC(=O)[C@@H](O)CC(C)C)C(N)=O. The lowest BCUT2D eigenvalue weighted by Crippen LogP contribution is -2.48. The molecule has 0 aromatic rings. The second kappa shape index (κ2) is 6.85. The Kier molecular flexibility index (Phi) is 6.19. The number of primary amides is 1. The van der Waals surface area contributed by atoms with Crippen molar-refractivity contribution in [3.05, 3.63) is 0 Å². The number of hydrogen-bond donors (Lipinski definition) is 3. The quantitative estimate of drug-likeness (QED) is 0.527. The van der Waals surface area contributed by atoms with E-state index in [1.165, 1.54) is 0 Å². The molecule has 0 bridgehead atoms. The summed E-state index contributed by atoms with van der Waals surface area (Å²) in [6.07, 6.45) is 4.24. The third-order valence-electron chi connectivity index (χ3n) is 1.98. The van der Waals surface area contributed by atoms with Gasteiger partial charge in [0, 0.05) is 6.42 Å². The molecule has 0 aliphatic rings. The Hall–Kier alpha value is -1.54. The van der Waals surface area contributed by atoms with Gasteiger partial charge >= 0.3 is 0 Å². The van der Waals surface area contributed by atoms with E-state index in [9.17, 15) is 14.7 Å². The molecule has 0 saturated carbocycles. The number of nitrogens with two attached hydrogens (primary N) is 1. The molecule has 2 amide bonds. The highest BCUT2D eigenvalue weighted by molar-refractivity contribution is 5.88. The Labute approximate surface area is 95.4 Å². The molecule has 0 aromatic heterocycles. The van der Waals surface area contributed by atoms with Crippen LogP contribution < -0.4 is 11.1 Å². The van der Waals surface area contributed by atoms with Crippen LogP contribution in [-0.2, 0) is 9.59 Å². The highest BCUT2D eigenvalue weighted by atomic mass is 16.3. The van der Waals surface area contributed by atoms with Gasteiger partial charge in [-0.15, -0.1) is 12.3 Å². The maximum Gasteiger partial charge on any atom is 0.249 e. The van der Waals surface area contributed by atoms with Crippen molar-refractivity contribution in [1.82, 2.24) is 5.32 Å². The summed E-state index contributed by atoms with van der Waals surface area (Å²) in [6, 6.07) is -0.917. The summed E-state index contributed by atoms with van der Waals surface area (Å²) < 4.78 is 0. The van der Waals surface area contributed by atoms with Gasteiger partial charge in [-0.25, -0.2) is 0 Å². The average molecular weight is 226 g/mol. The van der Waals surface area contributed by atoms with Crippen LogP contribution in [0.15, 0.2) is 0 Å². The highest BCUT2D eigenvalue weighted by Gasteiger charge is 2.22. The Bertz CT molecular complexity index is 294. The number of amides is 2. The molecule has 0 aliphatic heterocycles. The minimum Gasteiger partial charge on any atom is -0.383 e. The van der Waals surface area contributed by atoms with Crippen molar-refractivity contribution in [1.29, 1.82) is 0 Å². The summed E-state index contributed by atoms with van der Waals surface area (Å²) in [7, 11) is 0. The first kappa shape index (κ1) is 14.5. The van der Waals surface area contributed by atoms with Crippen LogP contribution in [0.4, 0.5) is 0 Å². The molecule has 0 fully saturated rings. The van der Waals surface area contributed by atoms with E-state index in [2.05, 4.69) is 11.2 Å². The zero-order valence-corrected chi connectivity index (χ0v) is 9.56. The molecular formula is C11H18N2O3. The number of hydrogen-bond acceptors (Lipinski definition) is 3. The van der Waals surface area contributed by atoms with E-state index in [-0.39, 0.29) is 12.3 Å². The number of carbonyl (C=O) groups is 2. The Balaban J connectivity index is 4.30. The second-order valence-corrected chi connectivity index (χ2v) is 4.02. The van der Waals surface area contributed by atoms with Crippen molar-refractivity contribution in [3.63, 3.8) is 0 Å². The summed E-state index contributed by atoms with van der Waals surface area (Å²) in [5.74, 6) is 1.09. The molecule has 0 rings (SSSR count). The Morgan fingerprint density at radius 2 is 2.06 bits per heavy atom. The zero-order valence-electron chi connectivity index (χ0n) is 9.56. The van der Waals surface area contributed by atoms with Crippen molar-refractivity contribution in [2.24, 2.45) is 11.7 Å². The van der Waals surface area contributed by atoms with Crippen molar-refractivity contribution in [2.75, 3.05) is 0 Å². The van der Waals surface area contributed by atoms with Crippen LogP contribution in [0.1, 0.15) is 26.7 Å². The Morgan fingerprint density at radius 3 is 2.44 bits per heavy atom. The minimum absolute atomic E-state index is 0.0233. The van der Waals surface area contributed by atoms with Gasteiger partial charge in [-0.2, -0.15) is 0 Å². The minimum atomic E-state index is -1.14. The fourth-order valence-electron chi connectivity index (χ4n) is 1.16. The summed E-state index contributed by atoms with van der Waals surface area (Å²) in [5, 5.41) is 11.8. The molecule has 0 unspecified atom stereocenters. The number of carbonyl (C=O) groups excluding carboxylic acids is 2. The van der Waals surface area contributed by atoms with E-state index in [4.69, 9.17) is 12.2 Å². The lowest BCUT2D eigenvalue weighted by atomic mass is 10.0. The molecule has 2 atom stereocenters. The van der Waals surface area contributed by atoms with E-state index in [0.717, 1.165) is 0 Å². The first-order valence-corrected chi connectivity index (χ1v) is 5.09. The molecule has 0 radical (unpaired) electrons. The summed E-state index contributed by atoms with van der Waals surface area (Å²) in [4.78, 5) is 22.3. The third kappa shape index (κ3) is 5.37. The van der Waals surface area contributed by atoms with Crippen molar-refractivity contribution in [3.8, 4) is 12.3 Å². The Morgan fingerprint density at radius 1 is 1.50 bits per heavy atom. The number of aliphatic hydroxyl groups excluding tert-OH is 1. The van der Waals surface area contributed by atoms with Crippen molar-refractivity contribution < 1.29 is 14.7 Å². The maximum atomic E-state index is 11.4. The lowest BCUT2D eigenvalue weighted by Gasteiger charge is -2.17. The number of rotatable bonds is 6. The predicted molar refractivity (Wildman–Crippen MR) is 60.0 cm³/mol. The van der Waals surface area contributed by atoms with Crippen molar-refractivity contribution >= 4 is 11.8 Å². The number of terminal acetylenes is 1. The summed E-state index contributed by atoms with van der Waals surface area (Å²) in [5.41, 5.74) is 5.04. The normalized spacial score (nSPS) is 13.9. The first-order chi connectivity index (χ1) is 7.38. The molecule has 16 heavy (non-hydrogen) atoms. The molecule has 0 aliphatic carbocycles. The van der Waals surface area contributed by atoms with E-state index < -0.39 is 24.0 Å². The molecule has 5 nitrogen and oxygen atoms in total. The van der Waals surface area contributed by atoms with Gasteiger partial charge in [0.25, 0.3) is 0 Å². The van der Waals surface area contributed by atoms with Crippen LogP contribution in [0.2, 0.25) is 0 Å². The topological polar surface area (TPSA) is 92.4 Å². The zero-order chi connectivity index (χ0) is 12.7. The largest absolute Gasteiger partial charge is 0.383 e. The van der Waals surface area contributed by atoms with E-state index in [1.807, 2.05) is 13.8 Å². The fraction of sp³-hybridized carbons (Fsp3) is 0.636. The molecule has 5 heteroatoms. The van der Waals surface area contributed by atoms with Gasteiger partial charge in [-0.3, -0.25) is 9.59 Å². The molecular weight excluding hydrogens is 208 g/mol. The van der Waals surface area contributed by atoms with Gasteiger partial charge in [0.1, 0.15) is 12.1 Å². The van der Waals surface area contributed by atoms with Gasteiger partial charge in [-0.05, 0) is 12.3 Å². The molecule has 90 valence electrons. The van der Waals surface area contributed by atoms with Crippen LogP contribution in [0.3, 0.4) is 0 Å². The number of nitrogens with one attached hydrogen (secondary N) is 1. The summed E-state index contributed by atoms with van der Waals surface area (Å²) >= 11 is 0. The summed E-state index contributed by atoms with van der Waals surface area (Å²) in [6.45, 7) is 3.76. The van der Waals surface area contributed by atoms with Crippen LogP contribution in [0, 0.1) is 18.3 Å². The molecule has 0 aromatic carbocycles. The lowest BCUT2D eigenvalue weighted by molar-refractivity contribution is -0.133. The van der Waals surface area contributed by atoms with Gasteiger partial charge in [0.05, 0.1) is 0 Å². The first-order valence-electron chi connectivity index (χ1n) is 5.09. The molecule has 0 heterocycles. The van der Waals surface area contributed by atoms with Crippen molar-refractivity contribution in [2.45, 2.75) is 38.8 Å². The monoisotopic (exact) mass is 226 g/mol. The predicted octanol–water partition coefficient (Wildman–Crippen LogP) is -0.613. The second-order valence-electron chi connectivity index (χ2n) is 4.02. The van der Waals surface area contributed by atoms with E-state index in [0.29, 0.717) is 6.42 Å².